The van der Waals surface area contributed by atoms with Crippen LogP contribution < -0.4 is 5.32 Å². The molecule has 0 saturated heterocycles. The third-order valence-electron chi connectivity index (χ3n) is 3.66. The van der Waals surface area contributed by atoms with E-state index in [1.807, 2.05) is 97.1 Å². The van der Waals surface area contributed by atoms with E-state index in [0.717, 1.165) is 22.5 Å². The Balaban J connectivity index is 1.84. The van der Waals surface area contributed by atoms with Crippen LogP contribution in [0.1, 0.15) is 11.1 Å². The van der Waals surface area contributed by atoms with Crippen LogP contribution in [-0.2, 0) is 4.79 Å². The predicted octanol–water partition coefficient (Wildman–Crippen LogP) is 5.42. The van der Waals surface area contributed by atoms with Crippen LogP contribution >= 0.6 is 0 Å². The maximum absolute atomic E-state index is 12.4. The normalized spacial score (nSPS) is 11.4. The summed E-state index contributed by atoms with van der Waals surface area (Å²) < 4.78 is 0. The minimum Gasteiger partial charge on any atom is -0.355 e. The zero-order valence-electron chi connectivity index (χ0n) is 13.8. The van der Waals surface area contributed by atoms with Gasteiger partial charge in [-0.2, -0.15) is 0 Å². The Labute approximate surface area is 148 Å². The summed E-state index contributed by atoms with van der Waals surface area (Å²) in [5.41, 5.74) is 3.68. The lowest BCUT2D eigenvalue weighted by atomic mass is 10.1. The van der Waals surface area contributed by atoms with Crippen LogP contribution in [0.3, 0.4) is 0 Å². The van der Waals surface area contributed by atoms with Crippen molar-refractivity contribution in [2.45, 2.75) is 0 Å². The number of hydrogen-bond acceptors (Lipinski definition) is 2. The number of anilines is 1. The maximum Gasteiger partial charge on any atom is 0.180 e. The Morgan fingerprint density at radius 1 is 0.720 bits per heavy atom. The summed E-state index contributed by atoms with van der Waals surface area (Å²) in [4.78, 5) is 12.4. The smallest absolute Gasteiger partial charge is 0.180 e. The number of hydrogen-bond donors (Lipinski definition) is 1. The van der Waals surface area contributed by atoms with Crippen molar-refractivity contribution in [3.05, 3.63) is 114 Å². The van der Waals surface area contributed by atoms with Gasteiger partial charge in [0.2, 0.25) is 0 Å². The summed E-state index contributed by atoms with van der Waals surface area (Å²) in [5, 5.41) is 3.33. The molecule has 2 heteroatoms. The third-order valence-corrected chi connectivity index (χ3v) is 3.66. The quantitative estimate of drug-likeness (QED) is 0.613. The van der Waals surface area contributed by atoms with E-state index in [2.05, 4.69) is 5.32 Å². The molecule has 0 saturated carbocycles. The Bertz CT molecular complexity index is 866. The summed E-state index contributed by atoms with van der Waals surface area (Å²) in [6.45, 7) is 0. The first kappa shape index (κ1) is 16.5. The van der Waals surface area contributed by atoms with E-state index in [1.54, 1.807) is 12.2 Å². The monoisotopic (exact) mass is 325 g/mol. The summed E-state index contributed by atoms with van der Waals surface area (Å²) in [5.74, 6) is -0.0638. The van der Waals surface area contributed by atoms with Crippen molar-refractivity contribution in [3.63, 3.8) is 0 Å². The fraction of sp³-hybridized carbons (Fsp3) is 0. The van der Waals surface area contributed by atoms with Crippen LogP contribution in [0, 0.1) is 0 Å². The molecule has 0 aromatic heterocycles. The number of ketones is 1. The van der Waals surface area contributed by atoms with Crippen LogP contribution in [0.2, 0.25) is 0 Å². The number of rotatable bonds is 6. The molecule has 0 unspecified atom stereocenters. The molecule has 0 aliphatic heterocycles. The molecule has 3 aromatic carbocycles. The standard InChI is InChI=1S/C23H19NO/c25-22(17-16-19-10-4-1-5-11-19)18-23(20-12-6-2-7-13-20)24-21-14-8-3-9-15-21/h1-18,24H/b17-16+,23-18-. The third kappa shape index (κ3) is 5.05. The van der Waals surface area contributed by atoms with Crippen LogP contribution in [0.4, 0.5) is 5.69 Å². The number of allylic oxidation sites excluding steroid dienone is 2. The van der Waals surface area contributed by atoms with Crippen molar-refractivity contribution >= 4 is 23.2 Å². The molecule has 0 radical (unpaired) electrons. The molecule has 0 aliphatic carbocycles. The molecule has 1 N–H and O–H groups in total. The van der Waals surface area contributed by atoms with Crippen molar-refractivity contribution in [2.75, 3.05) is 5.32 Å². The highest BCUT2D eigenvalue weighted by molar-refractivity contribution is 6.07. The molecular weight excluding hydrogens is 306 g/mol. The molecule has 25 heavy (non-hydrogen) atoms. The lowest BCUT2D eigenvalue weighted by Crippen LogP contribution is -2.01. The predicted molar refractivity (Wildman–Crippen MR) is 105 cm³/mol. The van der Waals surface area contributed by atoms with Gasteiger partial charge in [0.25, 0.3) is 0 Å². The van der Waals surface area contributed by atoms with Gasteiger partial charge in [0.1, 0.15) is 0 Å². The fourth-order valence-electron chi connectivity index (χ4n) is 2.42. The molecule has 3 rings (SSSR count). The Hall–Kier alpha value is -3.39. The number of para-hydroxylation sites is 1. The molecule has 0 aliphatic rings. The average molecular weight is 325 g/mol. The first-order chi connectivity index (χ1) is 12.3. The highest BCUT2D eigenvalue weighted by Gasteiger charge is 2.04. The summed E-state index contributed by atoms with van der Waals surface area (Å²) in [6.07, 6.45) is 5.04. The van der Waals surface area contributed by atoms with Gasteiger partial charge in [0.15, 0.2) is 5.78 Å². The minimum absolute atomic E-state index is 0.0638. The van der Waals surface area contributed by atoms with Gasteiger partial charge in [-0.3, -0.25) is 4.79 Å². The number of carbonyl (C=O) groups excluding carboxylic acids is 1. The van der Waals surface area contributed by atoms with E-state index in [1.165, 1.54) is 0 Å². The van der Waals surface area contributed by atoms with Crippen LogP contribution in [0.5, 0.6) is 0 Å². The zero-order valence-corrected chi connectivity index (χ0v) is 13.8. The van der Waals surface area contributed by atoms with E-state index in [9.17, 15) is 4.79 Å². The van der Waals surface area contributed by atoms with Crippen LogP contribution in [0.25, 0.3) is 11.8 Å². The number of carbonyl (C=O) groups is 1. The zero-order chi connectivity index (χ0) is 17.3. The molecular formula is C23H19NO. The van der Waals surface area contributed by atoms with Gasteiger partial charge in [0.05, 0.1) is 0 Å². The average Bonchev–Trinajstić information content (AvgIpc) is 2.68. The Kier molecular flexibility index (Phi) is 5.57. The molecule has 0 bridgehead atoms. The molecule has 0 spiro atoms. The topological polar surface area (TPSA) is 29.1 Å². The van der Waals surface area contributed by atoms with Gasteiger partial charge in [-0.25, -0.2) is 0 Å². The lowest BCUT2D eigenvalue weighted by Gasteiger charge is -2.11. The minimum atomic E-state index is -0.0638. The molecule has 3 aromatic rings. The van der Waals surface area contributed by atoms with Crippen molar-refractivity contribution in [3.8, 4) is 0 Å². The molecule has 0 fully saturated rings. The molecule has 0 heterocycles. The van der Waals surface area contributed by atoms with Gasteiger partial charge in [-0.15, -0.1) is 0 Å². The molecule has 0 atom stereocenters. The maximum atomic E-state index is 12.4. The molecule has 122 valence electrons. The highest BCUT2D eigenvalue weighted by atomic mass is 16.1. The summed E-state index contributed by atoms with van der Waals surface area (Å²) in [7, 11) is 0. The number of benzene rings is 3. The van der Waals surface area contributed by atoms with E-state index >= 15 is 0 Å². The van der Waals surface area contributed by atoms with E-state index in [-0.39, 0.29) is 5.78 Å². The second-order valence-corrected chi connectivity index (χ2v) is 5.56. The first-order valence-electron chi connectivity index (χ1n) is 8.17. The second-order valence-electron chi connectivity index (χ2n) is 5.56. The van der Waals surface area contributed by atoms with Gasteiger partial charge < -0.3 is 5.32 Å². The van der Waals surface area contributed by atoms with Crippen molar-refractivity contribution in [1.29, 1.82) is 0 Å². The fourth-order valence-corrected chi connectivity index (χ4v) is 2.42. The van der Waals surface area contributed by atoms with Gasteiger partial charge in [-0.1, -0.05) is 84.9 Å². The Morgan fingerprint density at radius 2 is 1.28 bits per heavy atom. The highest BCUT2D eigenvalue weighted by Crippen LogP contribution is 2.18. The van der Waals surface area contributed by atoms with Crippen LogP contribution in [0.15, 0.2) is 103 Å². The van der Waals surface area contributed by atoms with Crippen LogP contribution in [-0.4, -0.2) is 5.78 Å². The Morgan fingerprint density at radius 3 is 1.92 bits per heavy atom. The van der Waals surface area contributed by atoms with E-state index in [4.69, 9.17) is 0 Å². The van der Waals surface area contributed by atoms with Crippen molar-refractivity contribution in [1.82, 2.24) is 0 Å². The molecule has 0 amide bonds. The first-order valence-corrected chi connectivity index (χ1v) is 8.17. The van der Waals surface area contributed by atoms with Gasteiger partial charge in [0, 0.05) is 17.5 Å². The number of nitrogens with one attached hydrogen (secondary N) is 1. The largest absolute Gasteiger partial charge is 0.355 e. The van der Waals surface area contributed by atoms with Crippen molar-refractivity contribution < 1.29 is 4.79 Å². The molecule has 2 nitrogen and oxygen atoms in total. The van der Waals surface area contributed by atoms with E-state index in [0.29, 0.717) is 0 Å². The second kappa shape index (κ2) is 8.46. The van der Waals surface area contributed by atoms with E-state index < -0.39 is 0 Å². The van der Waals surface area contributed by atoms with Gasteiger partial charge in [-0.05, 0) is 29.3 Å². The summed E-state index contributed by atoms with van der Waals surface area (Å²) in [6, 6.07) is 29.5. The summed E-state index contributed by atoms with van der Waals surface area (Å²) >= 11 is 0. The van der Waals surface area contributed by atoms with Crippen molar-refractivity contribution in [2.24, 2.45) is 0 Å². The SMILES string of the molecule is O=C(/C=C(\Nc1ccccc1)c1ccccc1)/C=C/c1ccccc1. The lowest BCUT2D eigenvalue weighted by molar-refractivity contribution is -0.110. The van der Waals surface area contributed by atoms with Gasteiger partial charge >= 0.3 is 0 Å².